The molecule has 1 N–H and O–H groups in total. The van der Waals surface area contributed by atoms with Crippen LogP contribution in [0.3, 0.4) is 0 Å². The van der Waals surface area contributed by atoms with Gasteiger partial charge in [0.2, 0.25) is 5.88 Å². The van der Waals surface area contributed by atoms with Gasteiger partial charge < -0.3 is 24.2 Å². The van der Waals surface area contributed by atoms with Crippen molar-refractivity contribution in [2.75, 3.05) is 42.0 Å². The number of hydrogen-bond acceptors (Lipinski definition) is 6. The number of halogens is 2. The Morgan fingerprint density at radius 1 is 0.947 bits per heavy atom. The minimum absolute atomic E-state index is 0.286. The van der Waals surface area contributed by atoms with Crippen LogP contribution in [0.5, 0.6) is 17.4 Å². The molecular weight excluding hydrogens is 551 g/mol. The van der Waals surface area contributed by atoms with E-state index in [-0.39, 0.29) is 6.42 Å². The molecule has 2 unspecified atom stereocenters. The minimum Gasteiger partial charge on any atom is -0.493 e. The molecule has 2 atom stereocenters. The van der Waals surface area contributed by atoms with E-state index >= 15 is 0 Å². The number of fused-ring (bicyclic) bond motifs is 1. The predicted octanol–water partition coefficient (Wildman–Crippen LogP) is 6.13. The van der Waals surface area contributed by atoms with E-state index < -0.39 is 17.3 Å². The quantitative estimate of drug-likeness (QED) is 0.242. The smallest absolute Gasteiger partial charge is 0.217 e. The van der Waals surface area contributed by atoms with E-state index in [0.29, 0.717) is 40.6 Å². The van der Waals surface area contributed by atoms with Gasteiger partial charge in [-0.1, -0.05) is 40.2 Å². The molecule has 0 spiro atoms. The lowest BCUT2D eigenvalue weighted by Crippen LogP contribution is -2.38. The van der Waals surface area contributed by atoms with E-state index in [1.54, 1.807) is 39.5 Å². The summed E-state index contributed by atoms with van der Waals surface area (Å²) in [6, 6.07) is 19.4. The van der Waals surface area contributed by atoms with Crippen LogP contribution in [-0.4, -0.2) is 57.0 Å². The zero-order valence-corrected chi connectivity index (χ0v) is 23.8. The second kappa shape index (κ2) is 11.7. The summed E-state index contributed by atoms with van der Waals surface area (Å²) in [5, 5.41) is 13.6. The number of pyridine rings is 1. The largest absolute Gasteiger partial charge is 0.493 e. The number of aliphatic hydroxyl groups is 1. The van der Waals surface area contributed by atoms with Crippen LogP contribution in [0.15, 0.2) is 71.2 Å². The zero-order chi connectivity index (χ0) is 27.4. The van der Waals surface area contributed by atoms with Gasteiger partial charge in [-0.2, -0.15) is 0 Å². The lowest BCUT2D eigenvalue weighted by Gasteiger charge is -2.39. The topological polar surface area (TPSA) is 64.0 Å². The molecule has 0 radical (unpaired) electrons. The van der Waals surface area contributed by atoms with Gasteiger partial charge in [0.15, 0.2) is 11.5 Å². The highest BCUT2D eigenvalue weighted by molar-refractivity contribution is 9.10. The van der Waals surface area contributed by atoms with Crippen molar-refractivity contribution < 1.29 is 23.7 Å². The molecule has 0 fully saturated rings. The maximum Gasteiger partial charge on any atom is 0.217 e. The molecule has 4 aromatic rings. The molecule has 0 amide bonds. The molecule has 0 saturated heterocycles. The second-order valence-corrected chi connectivity index (χ2v) is 10.3. The number of hydrogen-bond donors (Lipinski definition) is 1. The Labute approximate surface area is 231 Å². The van der Waals surface area contributed by atoms with Crippen LogP contribution in [0.25, 0.3) is 10.9 Å². The van der Waals surface area contributed by atoms with Crippen LogP contribution >= 0.6 is 15.9 Å². The average molecular weight is 583 g/mol. The average Bonchev–Trinajstić information content (AvgIpc) is 2.91. The highest BCUT2D eigenvalue weighted by atomic mass is 79.9. The van der Waals surface area contributed by atoms with E-state index in [1.165, 1.54) is 12.1 Å². The number of rotatable bonds is 10. The van der Waals surface area contributed by atoms with E-state index in [4.69, 9.17) is 19.2 Å². The summed E-state index contributed by atoms with van der Waals surface area (Å²) < 4.78 is 32.8. The van der Waals surface area contributed by atoms with Crippen LogP contribution < -0.4 is 14.2 Å². The Morgan fingerprint density at radius 2 is 1.71 bits per heavy atom. The lowest BCUT2D eigenvalue weighted by molar-refractivity contribution is 0.00290. The molecule has 1 heterocycles. The van der Waals surface area contributed by atoms with Gasteiger partial charge in [-0.05, 0) is 68.5 Å². The van der Waals surface area contributed by atoms with Gasteiger partial charge in [-0.3, -0.25) is 0 Å². The van der Waals surface area contributed by atoms with Gasteiger partial charge in [-0.25, -0.2) is 9.37 Å². The fourth-order valence-corrected chi connectivity index (χ4v) is 5.32. The summed E-state index contributed by atoms with van der Waals surface area (Å²) in [6.45, 7) is 0.532. The molecule has 6 nitrogen and oxygen atoms in total. The summed E-state index contributed by atoms with van der Waals surface area (Å²) in [4.78, 5) is 6.77. The van der Waals surface area contributed by atoms with Crippen LogP contribution in [0.2, 0.25) is 0 Å². The Balaban J connectivity index is 2.11. The van der Waals surface area contributed by atoms with Crippen molar-refractivity contribution in [2.24, 2.45) is 0 Å². The standard InChI is InChI=1S/C30H32BrFN2O4/c1-34(2)15-14-30(35,20-8-6-9-22(32)18-20)27(23-10-7-11-26(36-3)28(23)37-4)24-17-19-16-21(31)12-13-25(19)33-29(24)38-5/h6-13,16-18,27,35H,14-15H2,1-5H3. The van der Waals surface area contributed by atoms with Crippen molar-refractivity contribution >= 4 is 26.8 Å². The van der Waals surface area contributed by atoms with E-state index in [2.05, 4.69) is 15.9 Å². The normalized spacial score (nSPS) is 13.8. The maximum absolute atomic E-state index is 14.6. The van der Waals surface area contributed by atoms with Crippen molar-refractivity contribution in [3.05, 3.63) is 93.7 Å². The second-order valence-electron chi connectivity index (χ2n) is 9.43. The first-order valence-corrected chi connectivity index (χ1v) is 13.0. The third-order valence-electron chi connectivity index (χ3n) is 6.76. The van der Waals surface area contributed by atoms with Crippen LogP contribution in [0.4, 0.5) is 4.39 Å². The van der Waals surface area contributed by atoms with E-state index in [0.717, 1.165) is 15.4 Å². The minimum atomic E-state index is -1.58. The first-order valence-electron chi connectivity index (χ1n) is 12.2. The number of para-hydroxylation sites is 1. The maximum atomic E-state index is 14.6. The number of benzene rings is 3. The summed E-state index contributed by atoms with van der Waals surface area (Å²) in [5.74, 6) is 0.139. The first-order chi connectivity index (χ1) is 18.2. The van der Waals surface area contributed by atoms with E-state index in [1.807, 2.05) is 55.4 Å². The van der Waals surface area contributed by atoms with Crippen LogP contribution in [-0.2, 0) is 5.60 Å². The molecule has 0 aliphatic carbocycles. The summed E-state index contributed by atoms with van der Waals surface area (Å²) in [6.07, 6.45) is 0.286. The number of ether oxygens (including phenoxy) is 3. The zero-order valence-electron chi connectivity index (χ0n) is 22.2. The van der Waals surface area contributed by atoms with Crippen molar-refractivity contribution in [2.45, 2.75) is 17.9 Å². The van der Waals surface area contributed by atoms with Crippen LogP contribution in [0, 0.1) is 5.82 Å². The fraction of sp³-hybridized carbons (Fsp3) is 0.300. The molecule has 38 heavy (non-hydrogen) atoms. The van der Waals surface area contributed by atoms with Gasteiger partial charge in [0.1, 0.15) is 11.4 Å². The first kappa shape index (κ1) is 27.8. The van der Waals surface area contributed by atoms with Gasteiger partial charge in [0.25, 0.3) is 0 Å². The fourth-order valence-electron chi connectivity index (χ4n) is 4.94. The molecule has 0 bridgehead atoms. The highest BCUT2D eigenvalue weighted by Gasteiger charge is 2.44. The van der Waals surface area contributed by atoms with E-state index in [9.17, 15) is 9.50 Å². The Bertz CT molecular complexity index is 1430. The molecule has 4 rings (SSSR count). The third-order valence-corrected chi connectivity index (χ3v) is 7.25. The highest BCUT2D eigenvalue weighted by Crippen LogP contribution is 2.51. The monoisotopic (exact) mass is 582 g/mol. The Kier molecular flexibility index (Phi) is 8.55. The van der Waals surface area contributed by atoms with Gasteiger partial charge in [0, 0.05) is 27.5 Å². The molecule has 8 heteroatoms. The Morgan fingerprint density at radius 3 is 2.37 bits per heavy atom. The molecule has 0 aliphatic heterocycles. The summed E-state index contributed by atoms with van der Waals surface area (Å²) in [7, 11) is 8.55. The lowest BCUT2D eigenvalue weighted by atomic mass is 9.71. The molecule has 3 aromatic carbocycles. The predicted molar refractivity (Wildman–Crippen MR) is 151 cm³/mol. The number of methoxy groups -OCH3 is 3. The molecule has 0 aliphatic rings. The van der Waals surface area contributed by atoms with Crippen LogP contribution in [0.1, 0.15) is 29.0 Å². The molecular formula is C30H32BrFN2O4. The summed E-state index contributed by atoms with van der Waals surface area (Å²) >= 11 is 3.55. The molecule has 0 saturated carbocycles. The van der Waals surface area contributed by atoms with Crippen molar-refractivity contribution in [1.82, 2.24) is 9.88 Å². The van der Waals surface area contributed by atoms with Crippen molar-refractivity contribution in [3.63, 3.8) is 0 Å². The Hall–Kier alpha value is -3.20. The summed E-state index contributed by atoms with van der Waals surface area (Å²) in [5.41, 5.74) is 0.890. The number of aromatic nitrogens is 1. The van der Waals surface area contributed by atoms with Gasteiger partial charge >= 0.3 is 0 Å². The van der Waals surface area contributed by atoms with Gasteiger partial charge in [-0.15, -0.1) is 0 Å². The molecule has 200 valence electrons. The van der Waals surface area contributed by atoms with Crippen molar-refractivity contribution in [1.29, 1.82) is 0 Å². The molecule has 1 aromatic heterocycles. The van der Waals surface area contributed by atoms with Crippen molar-refractivity contribution in [3.8, 4) is 17.4 Å². The number of nitrogens with zero attached hydrogens (tertiary/aromatic N) is 2. The third kappa shape index (κ3) is 5.48. The SMILES string of the molecule is COc1cccc(C(c2cc3cc(Br)ccc3nc2OC)C(O)(CCN(C)C)c2cccc(F)c2)c1OC. The van der Waals surface area contributed by atoms with Gasteiger partial charge in [0.05, 0.1) is 32.8 Å².